The summed E-state index contributed by atoms with van der Waals surface area (Å²) in [5.41, 5.74) is 1.10. The third kappa shape index (κ3) is 2.81. The molecule has 0 radical (unpaired) electrons. The average Bonchev–Trinajstić information content (AvgIpc) is 2.55. The number of ether oxygens (including phenoxy) is 2. The highest BCUT2D eigenvalue weighted by molar-refractivity contribution is 5.88. The van der Waals surface area contributed by atoms with Crippen LogP contribution in [-0.4, -0.2) is 17.6 Å². The number of rotatable bonds is 3. The van der Waals surface area contributed by atoms with Crippen molar-refractivity contribution in [1.29, 1.82) is 0 Å². The molecule has 23 heavy (non-hydrogen) atoms. The molecular formula is C18H15NO4. The van der Waals surface area contributed by atoms with Gasteiger partial charge in [-0.3, -0.25) is 14.2 Å². The Hall–Kier alpha value is -3.08. The number of para-hydroxylation sites is 1. The van der Waals surface area contributed by atoms with E-state index in [9.17, 15) is 9.59 Å². The van der Waals surface area contributed by atoms with Crippen LogP contribution >= 0.6 is 0 Å². The molecule has 0 amide bonds. The van der Waals surface area contributed by atoms with Gasteiger partial charge in [0.1, 0.15) is 11.5 Å². The van der Waals surface area contributed by atoms with Gasteiger partial charge in [-0.15, -0.1) is 0 Å². The van der Waals surface area contributed by atoms with E-state index in [-0.39, 0.29) is 11.3 Å². The summed E-state index contributed by atoms with van der Waals surface area (Å²) in [6, 6.07) is 15.8. The van der Waals surface area contributed by atoms with Gasteiger partial charge in [0.05, 0.1) is 12.6 Å². The third-order valence-electron chi connectivity index (χ3n) is 3.47. The van der Waals surface area contributed by atoms with Gasteiger partial charge >= 0.3 is 5.97 Å². The first-order chi connectivity index (χ1) is 11.1. The lowest BCUT2D eigenvalue weighted by molar-refractivity contribution is -0.131. The number of esters is 1. The number of carbonyl (C=O) groups is 1. The van der Waals surface area contributed by atoms with E-state index in [1.165, 1.54) is 13.0 Å². The van der Waals surface area contributed by atoms with Gasteiger partial charge < -0.3 is 9.47 Å². The van der Waals surface area contributed by atoms with E-state index in [4.69, 9.17) is 9.47 Å². The maximum Gasteiger partial charge on any atom is 0.308 e. The molecule has 5 nitrogen and oxygen atoms in total. The van der Waals surface area contributed by atoms with Crippen LogP contribution in [0.25, 0.3) is 16.6 Å². The summed E-state index contributed by atoms with van der Waals surface area (Å²) in [4.78, 5) is 23.8. The smallest absolute Gasteiger partial charge is 0.308 e. The van der Waals surface area contributed by atoms with E-state index in [1.807, 2.05) is 24.3 Å². The Morgan fingerprint density at radius 2 is 1.74 bits per heavy atom. The molecule has 0 spiro atoms. The number of aromatic nitrogens is 1. The average molecular weight is 309 g/mol. The van der Waals surface area contributed by atoms with Gasteiger partial charge in [-0.25, -0.2) is 0 Å². The highest BCUT2D eigenvalue weighted by Gasteiger charge is 2.12. The number of benzene rings is 2. The van der Waals surface area contributed by atoms with Crippen LogP contribution in [0.15, 0.2) is 59.4 Å². The topological polar surface area (TPSA) is 57.5 Å². The van der Waals surface area contributed by atoms with Gasteiger partial charge in [0.25, 0.3) is 5.56 Å². The highest BCUT2D eigenvalue weighted by Crippen LogP contribution is 2.26. The maximum atomic E-state index is 12.5. The lowest BCUT2D eigenvalue weighted by Gasteiger charge is -2.13. The molecule has 3 rings (SSSR count). The molecule has 0 bridgehead atoms. The summed E-state index contributed by atoms with van der Waals surface area (Å²) in [7, 11) is 1.59. The van der Waals surface area contributed by atoms with Gasteiger partial charge in [0, 0.05) is 24.1 Å². The molecule has 0 aliphatic heterocycles. The second-order valence-electron chi connectivity index (χ2n) is 4.99. The molecule has 0 unspecified atom stereocenters. The number of methoxy groups -OCH3 is 1. The third-order valence-corrected chi connectivity index (χ3v) is 3.47. The minimum atomic E-state index is -0.461. The number of carbonyl (C=O) groups excluding carboxylic acids is 1. The molecular weight excluding hydrogens is 294 g/mol. The quantitative estimate of drug-likeness (QED) is 0.698. The van der Waals surface area contributed by atoms with Crippen LogP contribution in [0.5, 0.6) is 11.5 Å². The Morgan fingerprint density at radius 1 is 1.04 bits per heavy atom. The van der Waals surface area contributed by atoms with Crippen LogP contribution in [0.3, 0.4) is 0 Å². The summed E-state index contributed by atoms with van der Waals surface area (Å²) in [6.45, 7) is 1.31. The molecule has 0 saturated heterocycles. The van der Waals surface area contributed by atoms with Crippen LogP contribution in [0.1, 0.15) is 6.92 Å². The molecule has 3 aromatic rings. The van der Waals surface area contributed by atoms with E-state index < -0.39 is 5.97 Å². The van der Waals surface area contributed by atoms with Crippen molar-refractivity contribution in [3.63, 3.8) is 0 Å². The summed E-state index contributed by atoms with van der Waals surface area (Å²) >= 11 is 0. The Bertz CT molecular complexity index is 926. The molecule has 0 atom stereocenters. The predicted octanol–water partition coefficient (Wildman–Crippen LogP) is 2.92. The number of pyridine rings is 1. The molecule has 0 fully saturated rings. The maximum absolute atomic E-state index is 12.5. The van der Waals surface area contributed by atoms with Crippen molar-refractivity contribution in [2.75, 3.05) is 7.11 Å². The van der Waals surface area contributed by atoms with E-state index >= 15 is 0 Å². The van der Waals surface area contributed by atoms with Gasteiger partial charge in [-0.2, -0.15) is 0 Å². The first-order valence-electron chi connectivity index (χ1n) is 7.08. The minimum absolute atomic E-state index is 0.267. The molecule has 5 heteroatoms. The normalized spacial score (nSPS) is 10.5. The van der Waals surface area contributed by atoms with Crippen molar-refractivity contribution in [2.45, 2.75) is 6.92 Å². The SMILES string of the molecule is COc1ccc(-n2c(=O)cc(OC(C)=O)c3ccccc32)cc1. The van der Waals surface area contributed by atoms with E-state index in [1.54, 1.807) is 35.9 Å². The Kier molecular flexibility index (Phi) is 3.85. The molecule has 0 saturated carbocycles. The minimum Gasteiger partial charge on any atom is -0.497 e. The second-order valence-corrected chi connectivity index (χ2v) is 4.99. The molecule has 0 aliphatic carbocycles. The Morgan fingerprint density at radius 3 is 2.39 bits per heavy atom. The number of hydrogen-bond donors (Lipinski definition) is 0. The zero-order chi connectivity index (χ0) is 16.4. The predicted molar refractivity (Wildman–Crippen MR) is 87.4 cm³/mol. The van der Waals surface area contributed by atoms with Crippen LogP contribution in [0.4, 0.5) is 0 Å². The molecule has 0 aliphatic rings. The summed E-state index contributed by atoms with van der Waals surface area (Å²) < 4.78 is 11.9. The molecule has 2 aromatic carbocycles. The lowest BCUT2D eigenvalue weighted by Crippen LogP contribution is -2.19. The van der Waals surface area contributed by atoms with Gasteiger partial charge in [0.2, 0.25) is 0 Å². The summed E-state index contributed by atoms with van der Waals surface area (Å²) in [5.74, 6) is 0.516. The van der Waals surface area contributed by atoms with Crippen molar-refractivity contribution in [3.8, 4) is 17.2 Å². The molecule has 0 N–H and O–H groups in total. The molecule has 1 aromatic heterocycles. The summed E-state index contributed by atoms with van der Waals surface area (Å²) in [6.07, 6.45) is 0. The Balaban J connectivity index is 2.27. The number of fused-ring (bicyclic) bond motifs is 1. The highest BCUT2D eigenvalue weighted by atomic mass is 16.5. The van der Waals surface area contributed by atoms with E-state index in [0.29, 0.717) is 22.3 Å². The number of hydrogen-bond acceptors (Lipinski definition) is 4. The zero-order valence-electron chi connectivity index (χ0n) is 12.8. The van der Waals surface area contributed by atoms with Crippen LogP contribution < -0.4 is 15.0 Å². The van der Waals surface area contributed by atoms with E-state index in [2.05, 4.69) is 0 Å². The standard InChI is InChI=1S/C18H15NO4/c1-12(20)23-17-11-18(21)19(16-6-4-3-5-15(16)17)13-7-9-14(22-2)10-8-13/h3-11H,1-2H3. The monoisotopic (exact) mass is 309 g/mol. The first kappa shape index (κ1) is 14.8. The molecule has 116 valence electrons. The first-order valence-corrected chi connectivity index (χ1v) is 7.08. The molecule has 1 heterocycles. The fourth-order valence-corrected chi connectivity index (χ4v) is 2.49. The zero-order valence-corrected chi connectivity index (χ0v) is 12.8. The van der Waals surface area contributed by atoms with Crippen LogP contribution in [0, 0.1) is 0 Å². The van der Waals surface area contributed by atoms with Crippen molar-refractivity contribution in [3.05, 3.63) is 65.0 Å². The van der Waals surface area contributed by atoms with Gasteiger partial charge in [-0.05, 0) is 36.4 Å². The largest absolute Gasteiger partial charge is 0.497 e. The van der Waals surface area contributed by atoms with Crippen molar-refractivity contribution >= 4 is 16.9 Å². The summed E-state index contributed by atoms with van der Waals surface area (Å²) in [5, 5.41) is 0.693. The fourth-order valence-electron chi connectivity index (χ4n) is 2.49. The fraction of sp³-hybridized carbons (Fsp3) is 0.111. The van der Waals surface area contributed by atoms with Crippen molar-refractivity contribution in [1.82, 2.24) is 4.57 Å². The van der Waals surface area contributed by atoms with Gasteiger partial charge in [-0.1, -0.05) is 12.1 Å². The van der Waals surface area contributed by atoms with Crippen LogP contribution in [-0.2, 0) is 4.79 Å². The van der Waals surface area contributed by atoms with Crippen molar-refractivity contribution < 1.29 is 14.3 Å². The second kappa shape index (κ2) is 5.96. The number of nitrogens with zero attached hydrogens (tertiary/aromatic N) is 1. The van der Waals surface area contributed by atoms with E-state index in [0.717, 1.165) is 0 Å². The van der Waals surface area contributed by atoms with Crippen LogP contribution in [0.2, 0.25) is 0 Å². The van der Waals surface area contributed by atoms with Crippen molar-refractivity contribution in [2.24, 2.45) is 0 Å². The lowest BCUT2D eigenvalue weighted by atomic mass is 10.2. The van der Waals surface area contributed by atoms with Gasteiger partial charge in [0.15, 0.2) is 0 Å². The Labute approximate surface area is 132 Å².